The molecule has 1 atom stereocenters. The molecule has 0 aliphatic carbocycles. The predicted octanol–water partition coefficient (Wildman–Crippen LogP) is 7.73. The Hall–Kier alpha value is -4.34. The SMILES string of the molecule is Cc1cc(OCCCc2c3n(c4c(-c5c(C)nn(C)c5C)c(Cl)ccc24)CC(C)N(Cc2ccc(C(=O)O)cn2)C3=O)cc(C)c1Cl. The van der Waals surface area contributed by atoms with Gasteiger partial charge in [0.05, 0.1) is 40.6 Å². The van der Waals surface area contributed by atoms with E-state index in [1.54, 1.807) is 6.07 Å². The Bertz CT molecular complexity index is 2020. The molecule has 1 aliphatic heterocycles. The van der Waals surface area contributed by atoms with E-state index in [9.17, 15) is 14.7 Å². The number of nitrogens with zero attached hydrogens (tertiary/aromatic N) is 5. The molecular formula is C36H37Cl2N5O4. The Labute approximate surface area is 283 Å². The molecule has 4 heterocycles. The first-order valence-electron chi connectivity index (χ1n) is 15.6. The second kappa shape index (κ2) is 12.7. The fourth-order valence-corrected chi connectivity index (χ4v) is 7.08. The number of benzene rings is 2. The van der Waals surface area contributed by atoms with E-state index in [0.29, 0.717) is 42.4 Å². The first kappa shape index (κ1) is 32.6. The van der Waals surface area contributed by atoms with Crippen molar-refractivity contribution in [2.24, 2.45) is 7.05 Å². The van der Waals surface area contributed by atoms with Crippen LogP contribution in [0.3, 0.4) is 0 Å². The van der Waals surface area contributed by atoms with Gasteiger partial charge in [-0.1, -0.05) is 29.3 Å². The Balaban J connectivity index is 1.42. The van der Waals surface area contributed by atoms with Crippen LogP contribution in [0.2, 0.25) is 10.0 Å². The second-order valence-corrected chi connectivity index (χ2v) is 13.2. The van der Waals surface area contributed by atoms with Gasteiger partial charge in [-0.2, -0.15) is 5.10 Å². The van der Waals surface area contributed by atoms with Gasteiger partial charge in [0.25, 0.3) is 5.91 Å². The van der Waals surface area contributed by atoms with E-state index in [0.717, 1.165) is 60.9 Å². The van der Waals surface area contributed by atoms with Crippen molar-refractivity contribution in [2.75, 3.05) is 6.61 Å². The van der Waals surface area contributed by atoms with Gasteiger partial charge < -0.3 is 19.3 Å². The largest absolute Gasteiger partial charge is 0.494 e. The summed E-state index contributed by atoms with van der Waals surface area (Å²) in [7, 11) is 1.92. The molecule has 0 bridgehead atoms. The number of aromatic carboxylic acids is 1. The van der Waals surface area contributed by atoms with Gasteiger partial charge in [0.1, 0.15) is 11.4 Å². The molecule has 1 aliphatic rings. The third-order valence-corrected chi connectivity index (χ3v) is 10.0. The van der Waals surface area contributed by atoms with Crippen molar-refractivity contribution in [1.82, 2.24) is 24.2 Å². The molecule has 0 fully saturated rings. The number of aryl methyl sites for hydroxylation is 5. The highest BCUT2D eigenvalue weighted by atomic mass is 35.5. The number of carbonyl (C=O) groups is 2. The highest BCUT2D eigenvalue weighted by molar-refractivity contribution is 6.35. The molecule has 9 nitrogen and oxygen atoms in total. The molecule has 11 heteroatoms. The van der Waals surface area contributed by atoms with Crippen LogP contribution < -0.4 is 4.74 Å². The van der Waals surface area contributed by atoms with Crippen molar-refractivity contribution in [1.29, 1.82) is 0 Å². The van der Waals surface area contributed by atoms with Crippen molar-refractivity contribution in [3.8, 4) is 16.9 Å². The van der Waals surface area contributed by atoms with Crippen molar-refractivity contribution in [3.05, 3.63) is 97.7 Å². The summed E-state index contributed by atoms with van der Waals surface area (Å²) < 4.78 is 10.1. The molecular weight excluding hydrogens is 637 g/mol. The van der Waals surface area contributed by atoms with Gasteiger partial charge >= 0.3 is 5.97 Å². The van der Waals surface area contributed by atoms with Crippen LogP contribution in [0.4, 0.5) is 0 Å². The Morgan fingerprint density at radius 2 is 1.79 bits per heavy atom. The summed E-state index contributed by atoms with van der Waals surface area (Å²) in [6.07, 6.45) is 2.61. The molecule has 0 radical (unpaired) electrons. The third-order valence-electron chi connectivity index (χ3n) is 9.13. The Morgan fingerprint density at radius 1 is 1.06 bits per heavy atom. The normalized spacial score (nSPS) is 14.6. The first-order valence-corrected chi connectivity index (χ1v) is 16.4. The van der Waals surface area contributed by atoms with Crippen molar-refractivity contribution < 1.29 is 19.4 Å². The van der Waals surface area contributed by atoms with Crippen molar-refractivity contribution in [3.63, 3.8) is 0 Å². The van der Waals surface area contributed by atoms with Gasteiger partial charge in [0.15, 0.2) is 0 Å². The number of fused-ring (bicyclic) bond motifs is 3. The lowest BCUT2D eigenvalue weighted by molar-refractivity contribution is 0.0592. The van der Waals surface area contributed by atoms with Crippen LogP contribution in [0.25, 0.3) is 22.0 Å². The lowest BCUT2D eigenvalue weighted by Gasteiger charge is -2.35. The molecule has 0 saturated carbocycles. The lowest BCUT2D eigenvalue weighted by Crippen LogP contribution is -2.46. The van der Waals surface area contributed by atoms with E-state index < -0.39 is 5.97 Å². The summed E-state index contributed by atoms with van der Waals surface area (Å²) in [5, 5.41) is 16.3. The average molecular weight is 675 g/mol. The number of hydrogen-bond donors (Lipinski definition) is 1. The maximum Gasteiger partial charge on any atom is 0.337 e. The van der Waals surface area contributed by atoms with Gasteiger partial charge in [-0.25, -0.2) is 4.79 Å². The first-order chi connectivity index (χ1) is 22.4. The number of carboxylic acids is 1. The van der Waals surface area contributed by atoms with Crippen LogP contribution in [-0.4, -0.2) is 53.9 Å². The van der Waals surface area contributed by atoms with E-state index in [1.165, 1.54) is 12.3 Å². The minimum Gasteiger partial charge on any atom is -0.494 e. The quantitative estimate of drug-likeness (QED) is 0.161. The maximum absolute atomic E-state index is 14.5. The molecule has 244 valence electrons. The summed E-state index contributed by atoms with van der Waals surface area (Å²) >= 11 is 13.4. The van der Waals surface area contributed by atoms with Crippen LogP contribution >= 0.6 is 23.2 Å². The topological polar surface area (TPSA) is 102 Å². The number of carbonyl (C=O) groups excluding carboxylic acids is 1. The number of pyridine rings is 1. The zero-order chi connectivity index (χ0) is 33.7. The number of aromatic nitrogens is 4. The van der Waals surface area contributed by atoms with Gasteiger partial charge in [-0.3, -0.25) is 14.5 Å². The summed E-state index contributed by atoms with van der Waals surface area (Å²) in [5.74, 6) is -0.382. The Kier molecular flexibility index (Phi) is 8.80. The highest BCUT2D eigenvalue weighted by Crippen LogP contribution is 2.43. The third kappa shape index (κ3) is 5.87. The number of halogens is 2. The average Bonchev–Trinajstić information content (AvgIpc) is 3.47. The van der Waals surface area contributed by atoms with Gasteiger partial charge in [0.2, 0.25) is 0 Å². The molecule has 0 spiro atoms. The monoisotopic (exact) mass is 673 g/mol. The number of carboxylic acid groups (broad SMARTS) is 1. The molecule has 1 N–H and O–H groups in total. The van der Waals surface area contributed by atoms with Gasteiger partial charge in [0, 0.05) is 53.1 Å². The lowest BCUT2D eigenvalue weighted by atomic mass is 9.98. The molecule has 6 rings (SSSR count). The van der Waals surface area contributed by atoms with Crippen LogP contribution in [0, 0.1) is 27.7 Å². The minimum absolute atomic E-state index is 0.103. The van der Waals surface area contributed by atoms with E-state index in [1.807, 2.05) is 75.5 Å². The highest BCUT2D eigenvalue weighted by Gasteiger charge is 2.36. The van der Waals surface area contributed by atoms with E-state index in [4.69, 9.17) is 27.9 Å². The molecule has 1 amide bonds. The van der Waals surface area contributed by atoms with E-state index in [-0.39, 0.29) is 24.1 Å². The van der Waals surface area contributed by atoms with E-state index >= 15 is 0 Å². The number of hydrogen-bond acceptors (Lipinski definition) is 5. The molecule has 47 heavy (non-hydrogen) atoms. The summed E-state index contributed by atoms with van der Waals surface area (Å²) in [5.41, 5.74) is 8.85. The molecule has 3 aromatic heterocycles. The molecule has 0 saturated heterocycles. The van der Waals surface area contributed by atoms with Crippen molar-refractivity contribution in [2.45, 2.75) is 66.6 Å². The number of ether oxygens (including phenoxy) is 1. The van der Waals surface area contributed by atoms with Crippen LogP contribution in [0.15, 0.2) is 42.6 Å². The fraction of sp³-hybridized carbons (Fsp3) is 0.333. The number of rotatable bonds is 9. The van der Waals surface area contributed by atoms with Gasteiger partial charge in [-0.05, 0) is 94.5 Å². The van der Waals surface area contributed by atoms with Gasteiger partial charge in [-0.15, -0.1) is 0 Å². The van der Waals surface area contributed by atoms with Crippen molar-refractivity contribution >= 4 is 46.0 Å². The summed E-state index contributed by atoms with van der Waals surface area (Å²) in [6.45, 7) is 11.2. The van der Waals surface area contributed by atoms with Crippen LogP contribution in [0.5, 0.6) is 5.75 Å². The van der Waals surface area contributed by atoms with E-state index in [2.05, 4.69) is 14.6 Å². The number of amides is 1. The van der Waals surface area contributed by atoms with Crippen LogP contribution in [0.1, 0.15) is 68.0 Å². The molecule has 5 aromatic rings. The maximum atomic E-state index is 14.5. The second-order valence-electron chi connectivity index (χ2n) is 12.4. The van der Waals surface area contributed by atoms with Crippen LogP contribution in [-0.2, 0) is 26.6 Å². The minimum atomic E-state index is -1.04. The fourth-order valence-electron chi connectivity index (χ4n) is 6.72. The molecule has 1 unspecified atom stereocenters. The molecule has 2 aromatic carbocycles. The zero-order valence-corrected chi connectivity index (χ0v) is 28.8. The summed E-state index contributed by atoms with van der Waals surface area (Å²) in [6, 6.07) is 10.8. The smallest absolute Gasteiger partial charge is 0.337 e. The Morgan fingerprint density at radius 3 is 2.40 bits per heavy atom. The standard InChI is InChI=1S/C36H37Cl2N5O4/c1-19-14-26(15-20(2)32(19)38)47-13-7-8-27-28-11-12-29(37)31(30-22(4)40-41(6)23(30)5)33(28)43-17-21(3)42(35(44)34(27)43)18-25-10-9-24(16-39-25)36(45)46/h9-12,14-16,21H,7-8,13,17-18H2,1-6H3,(H,45,46). The predicted molar refractivity (Wildman–Crippen MR) is 184 cm³/mol. The summed E-state index contributed by atoms with van der Waals surface area (Å²) in [4.78, 5) is 32.0. The zero-order valence-electron chi connectivity index (χ0n) is 27.3.